The third kappa shape index (κ3) is 4.05. The summed E-state index contributed by atoms with van der Waals surface area (Å²) in [6.07, 6.45) is 0. The van der Waals surface area contributed by atoms with Crippen LogP contribution in [-0.2, 0) is 0 Å². The van der Waals surface area contributed by atoms with E-state index < -0.39 is 0 Å². The fourth-order valence-electron chi connectivity index (χ4n) is 6.37. The molecule has 0 amide bonds. The summed E-state index contributed by atoms with van der Waals surface area (Å²) in [5, 5.41) is 5.13. The molecular formula is C41H25NOS. The van der Waals surface area contributed by atoms with E-state index in [1.54, 1.807) is 0 Å². The topological polar surface area (TPSA) is 26.0 Å². The number of thiophene rings is 1. The number of rotatable bonds is 4. The molecule has 0 aliphatic carbocycles. The number of para-hydroxylation sites is 1. The maximum Gasteiger partial charge on any atom is 0.227 e. The van der Waals surface area contributed by atoms with Gasteiger partial charge in [0.05, 0.1) is 0 Å². The first kappa shape index (κ1) is 25.0. The first-order valence-corrected chi connectivity index (χ1v) is 15.6. The fourth-order valence-corrected chi connectivity index (χ4v) is 7.61. The van der Waals surface area contributed by atoms with Crippen LogP contribution in [0.3, 0.4) is 0 Å². The number of benzene rings is 7. The molecule has 0 unspecified atom stereocenters. The number of fused-ring (bicyclic) bond motifs is 5. The highest BCUT2D eigenvalue weighted by atomic mass is 32.1. The predicted octanol–water partition coefficient (Wildman–Crippen LogP) is 12.0. The molecule has 206 valence electrons. The van der Waals surface area contributed by atoms with Crippen LogP contribution in [0.1, 0.15) is 0 Å². The van der Waals surface area contributed by atoms with E-state index in [2.05, 4.69) is 146 Å². The normalized spacial score (nSPS) is 11.6. The molecule has 0 bridgehead atoms. The summed E-state index contributed by atoms with van der Waals surface area (Å²) >= 11 is 1.86. The Labute approximate surface area is 258 Å². The van der Waals surface area contributed by atoms with E-state index >= 15 is 0 Å². The Bertz CT molecular complexity index is 2480. The molecule has 44 heavy (non-hydrogen) atoms. The van der Waals surface area contributed by atoms with Gasteiger partial charge in [0.2, 0.25) is 5.89 Å². The van der Waals surface area contributed by atoms with E-state index in [4.69, 9.17) is 9.40 Å². The molecule has 9 rings (SSSR count). The molecule has 0 saturated carbocycles. The van der Waals surface area contributed by atoms with Crippen LogP contribution in [0.5, 0.6) is 0 Å². The SMILES string of the molecule is c1ccc2c(-c3ccc(-c4cccc5nc(-c6ccc(-c7cccc8c7sc7ccccc78)cc6)oc45)cc3)cccc2c1. The predicted molar refractivity (Wildman–Crippen MR) is 186 cm³/mol. The minimum atomic E-state index is 0.631. The summed E-state index contributed by atoms with van der Waals surface area (Å²) in [6.45, 7) is 0. The van der Waals surface area contributed by atoms with E-state index in [1.165, 1.54) is 53.2 Å². The number of oxazole rings is 1. The Balaban J connectivity index is 1.06. The minimum Gasteiger partial charge on any atom is -0.435 e. The summed E-state index contributed by atoms with van der Waals surface area (Å²) in [5.74, 6) is 0.631. The Kier molecular flexibility index (Phi) is 5.71. The standard InChI is InChI=1S/C41H25NOS/c1-2-10-31-26(8-1)9-5-12-32(31)27-18-20-28(21-19-27)33-13-7-16-37-39(33)43-41(42-37)30-24-22-29(23-25-30)34-14-6-15-36-35-11-3-4-17-38(35)44-40(34)36/h1-25H. The van der Waals surface area contributed by atoms with Crippen LogP contribution < -0.4 is 0 Å². The van der Waals surface area contributed by atoms with E-state index in [0.29, 0.717) is 5.89 Å². The van der Waals surface area contributed by atoms with Crippen molar-refractivity contribution in [3.05, 3.63) is 152 Å². The Morgan fingerprint density at radius 3 is 1.84 bits per heavy atom. The van der Waals surface area contributed by atoms with Crippen molar-refractivity contribution in [3.8, 4) is 44.8 Å². The highest BCUT2D eigenvalue weighted by Crippen LogP contribution is 2.40. The van der Waals surface area contributed by atoms with Gasteiger partial charge in [-0.25, -0.2) is 4.98 Å². The van der Waals surface area contributed by atoms with Gasteiger partial charge in [0, 0.05) is 31.3 Å². The van der Waals surface area contributed by atoms with Gasteiger partial charge in [-0.3, -0.25) is 0 Å². The fraction of sp³-hybridized carbons (Fsp3) is 0. The summed E-state index contributed by atoms with van der Waals surface area (Å²) in [6, 6.07) is 53.8. The maximum absolute atomic E-state index is 6.46. The average Bonchev–Trinajstić information content (AvgIpc) is 3.70. The van der Waals surface area contributed by atoms with Gasteiger partial charge >= 0.3 is 0 Å². The quantitative estimate of drug-likeness (QED) is 0.207. The lowest BCUT2D eigenvalue weighted by Gasteiger charge is -2.08. The Morgan fingerprint density at radius 2 is 1.00 bits per heavy atom. The van der Waals surface area contributed by atoms with Gasteiger partial charge in [-0.05, 0) is 62.9 Å². The Morgan fingerprint density at radius 1 is 0.432 bits per heavy atom. The van der Waals surface area contributed by atoms with Gasteiger partial charge in [0.25, 0.3) is 0 Å². The third-order valence-electron chi connectivity index (χ3n) is 8.56. The van der Waals surface area contributed by atoms with Gasteiger partial charge in [0.15, 0.2) is 5.58 Å². The van der Waals surface area contributed by atoms with Crippen molar-refractivity contribution in [2.75, 3.05) is 0 Å². The van der Waals surface area contributed by atoms with Crippen LogP contribution >= 0.6 is 11.3 Å². The van der Waals surface area contributed by atoms with Crippen molar-refractivity contribution < 1.29 is 4.42 Å². The molecule has 7 aromatic carbocycles. The largest absolute Gasteiger partial charge is 0.435 e. The molecule has 0 fully saturated rings. The van der Waals surface area contributed by atoms with Crippen molar-refractivity contribution in [3.63, 3.8) is 0 Å². The van der Waals surface area contributed by atoms with Crippen LogP contribution in [0.2, 0.25) is 0 Å². The van der Waals surface area contributed by atoms with Crippen molar-refractivity contribution in [2.45, 2.75) is 0 Å². The first-order chi connectivity index (χ1) is 21.8. The zero-order chi connectivity index (χ0) is 29.0. The second kappa shape index (κ2) is 10.0. The second-order valence-corrected chi connectivity index (χ2v) is 12.2. The van der Waals surface area contributed by atoms with Crippen LogP contribution in [0, 0.1) is 0 Å². The lowest BCUT2D eigenvalue weighted by Crippen LogP contribution is -1.83. The lowest BCUT2D eigenvalue weighted by atomic mass is 9.96. The van der Waals surface area contributed by atoms with Crippen molar-refractivity contribution >= 4 is 53.4 Å². The zero-order valence-electron chi connectivity index (χ0n) is 23.7. The molecule has 0 atom stereocenters. The molecule has 0 saturated heterocycles. The van der Waals surface area contributed by atoms with Gasteiger partial charge in [0.1, 0.15) is 5.52 Å². The average molecular weight is 580 g/mol. The van der Waals surface area contributed by atoms with E-state index in [9.17, 15) is 0 Å². The number of hydrogen-bond donors (Lipinski definition) is 0. The third-order valence-corrected chi connectivity index (χ3v) is 9.78. The molecule has 0 radical (unpaired) electrons. The molecule has 2 aromatic heterocycles. The first-order valence-electron chi connectivity index (χ1n) is 14.8. The molecule has 3 heteroatoms. The Hall–Kier alpha value is -5.51. The number of hydrogen-bond acceptors (Lipinski definition) is 3. The monoisotopic (exact) mass is 579 g/mol. The molecule has 0 aliphatic heterocycles. The molecule has 0 aliphatic rings. The molecule has 9 aromatic rings. The lowest BCUT2D eigenvalue weighted by molar-refractivity contribution is 0.621. The summed E-state index contributed by atoms with van der Waals surface area (Å²) in [7, 11) is 0. The molecule has 0 spiro atoms. The highest BCUT2D eigenvalue weighted by molar-refractivity contribution is 7.26. The molecule has 2 nitrogen and oxygen atoms in total. The van der Waals surface area contributed by atoms with Crippen LogP contribution in [-0.4, -0.2) is 4.98 Å². The van der Waals surface area contributed by atoms with Crippen molar-refractivity contribution in [2.24, 2.45) is 0 Å². The van der Waals surface area contributed by atoms with Gasteiger partial charge < -0.3 is 4.42 Å². The van der Waals surface area contributed by atoms with Crippen LogP contribution in [0.25, 0.3) is 86.9 Å². The summed E-state index contributed by atoms with van der Waals surface area (Å²) in [4.78, 5) is 4.88. The molecule has 2 heterocycles. The summed E-state index contributed by atoms with van der Waals surface area (Å²) < 4.78 is 9.09. The van der Waals surface area contributed by atoms with Crippen LogP contribution in [0.15, 0.2) is 156 Å². The smallest absolute Gasteiger partial charge is 0.227 e. The highest BCUT2D eigenvalue weighted by Gasteiger charge is 2.15. The van der Waals surface area contributed by atoms with E-state index in [-0.39, 0.29) is 0 Å². The van der Waals surface area contributed by atoms with Crippen LogP contribution in [0.4, 0.5) is 0 Å². The zero-order valence-corrected chi connectivity index (χ0v) is 24.5. The van der Waals surface area contributed by atoms with Gasteiger partial charge in [-0.15, -0.1) is 11.3 Å². The molecule has 0 N–H and O–H groups in total. The van der Waals surface area contributed by atoms with Crippen molar-refractivity contribution in [1.82, 2.24) is 4.98 Å². The second-order valence-electron chi connectivity index (χ2n) is 11.1. The number of nitrogens with zero attached hydrogens (tertiary/aromatic N) is 1. The van der Waals surface area contributed by atoms with Crippen molar-refractivity contribution in [1.29, 1.82) is 0 Å². The molecular weight excluding hydrogens is 555 g/mol. The van der Waals surface area contributed by atoms with E-state index in [0.717, 1.165) is 27.8 Å². The summed E-state index contributed by atoms with van der Waals surface area (Å²) in [5.41, 5.74) is 9.65. The number of aromatic nitrogens is 1. The van der Waals surface area contributed by atoms with E-state index in [1.807, 2.05) is 17.4 Å². The maximum atomic E-state index is 6.46. The minimum absolute atomic E-state index is 0.631. The van der Waals surface area contributed by atoms with Gasteiger partial charge in [-0.1, -0.05) is 127 Å². The van der Waals surface area contributed by atoms with Gasteiger partial charge in [-0.2, -0.15) is 0 Å².